The molecule has 1 atom stereocenters. The Morgan fingerprint density at radius 2 is 1.95 bits per heavy atom. The van der Waals surface area contributed by atoms with Crippen LogP contribution in [0.1, 0.15) is 25.7 Å². The minimum absolute atomic E-state index is 0.0755. The van der Waals surface area contributed by atoms with Crippen molar-refractivity contribution in [1.82, 2.24) is 15.1 Å². The van der Waals surface area contributed by atoms with Gasteiger partial charge in [-0.15, -0.1) is 0 Å². The molecule has 2 N–H and O–H groups in total. The van der Waals surface area contributed by atoms with Crippen LogP contribution in [0.5, 0.6) is 0 Å². The number of rotatable bonds is 6. The quantitative estimate of drug-likeness (QED) is 0.692. The predicted octanol–water partition coefficient (Wildman–Crippen LogP) is 0.357. The van der Waals surface area contributed by atoms with Crippen molar-refractivity contribution in [2.75, 3.05) is 45.9 Å². The largest absolute Gasteiger partial charge is 0.480 e. The molecule has 2 fully saturated rings. The van der Waals surface area contributed by atoms with Gasteiger partial charge in [-0.2, -0.15) is 0 Å². The van der Waals surface area contributed by atoms with E-state index < -0.39 is 5.97 Å². The average Bonchev–Trinajstić information content (AvgIpc) is 2.97. The number of carboxylic acids is 1. The van der Waals surface area contributed by atoms with Crippen molar-refractivity contribution >= 4 is 12.0 Å². The van der Waals surface area contributed by atoms with Gasteiger partial charge in [0, 0.05) is 25.7 Å². The first-order valence-corrected chi connectivity index (χ1v) is 7.73. The maximum atomic E-state index is 12.0. The van der Waals surface area contributed by atoms with Gasteiger partial charge in [0.15, 0.2) is 0 Å². The molecule has 0 radical (unpaired) electrons. The Balaban J connectivity index is 1.61. The van der Waals surface area contributed by atoms with Crippen molar-refractivity contribution in [2.24, 2.45) is 0 Å². The molecule has 2 amide bonds. The summed E-state index contributed by atoms with van der Waals surface area (Å²) in [6.45, 7) is 4.14. The van der Waals surface area contributed by atoms with Crippen LogP contribution in [0.4, 0.5) is 4.79 Å². The molecule has 2 aliphatic heterocycles. The number of ether oxygens (including phenoxy) is 1. The number of carbonyl (C=O) groups excluding carboxylic acids is 1. The summed E-state index contributed by atoms with van der Waals surface area (Å²) in [5, 5.41) is 11.2. The van der Waals surface area contributed by atoms with Gasteiger partial charge < -0.3 is 20.1 Å². The molecule has 7 nitrogen and oxygen atoms in total. The van der Waals surface area contributed by atoms with Crippen molar-refractivity contribution in [1.29, 1.82) is 0 Å². The summed E-state index contributed by atoms with van der Waals surface area (Å²) < 4.78 is 4.88. The van der Waals surface area contributed by atoms with Gasteiger partial charge in [-0.05, 0) is 32.4 Å². The number of nitrogens with zero attached hydrogens (tertiary/aromatic N) is 2. The van der Waals surface area contributed by atoms with Crippen LogP contribution in [0.3, 0.4) is 0 Å². The second-order valence-electron chi connectivity index (χ2n) is 5.66. The van der Waals surface area contributed by atoms with Crippen LogP contribution in [0.2, 0.25) is 0 Å². The predicted molar refractivity (Wildman–Crippen MR) is 77.3 cm³/mol. The molecule has 2 saturated heterocycles. The molecule has 0 spiro atoms. The highest BCUT2D eigenvalue weighted by molar-refractivity contribution is 5.74. The van der Waals surface area contributed by atoms with E-state index in [0.29, 0.717) is 12.6 Å². The van der Waals surface area contributed by atoms with Gasteiger partial charge in [0.05, 0.1) is 6.61 Å². The molecule has 0 aromatic heterocycles. The first kappa shape index (κ1) is 16.0. The summed E-state index contributed by atoms with van der Waals surface area (Å²) in [4.78, 5) is 26.6. The lowest BCUT2D eigenvalue weighted by molar-refractivity contribution is -0.142. The standard InChI is InChI=1S/C14H25N3O4/c18-13(19)11-21-9-5-15-14(20)17-8-4-12(10-17)16-6-2-1-3-7-16/h12H,1-11H2,(H,15,20)(H,18,19). The van der Waals surface area contributed by atoms with E-state index in [0.717, 1.165) is 32.6 Å². The average molecular weight is 299 g/mol. The number of nitrogens with one attached hydrogen (secondary N) is 1. The van der Waals surface area contributed by atoms with Crippen LogP contribution in [0.25, 0.3) is 0 Å². The minimum Gasteiger partial charge on any atom is -0.480 e. The summed E-state index contributed by atoms with van der Waals surface area (Å²) >= 11 is 0. The van der Waals surface area contributed by atoms with E-state index in [4.69, 9.17) is 9.84 Å². The lowest BCUT2D eigenvalue weighted by atomic mass is 10.1. The molecule has 0 saturated carbocycles. The van der Waals surface area contributed by atoms with Crippen molar-refractivity contribution < 1.29 is 19.4 Å². The fraction of sp³-hybridized carbons (Fsp3) is 0.857. The Bertz CT molecular complexity index is 358. The van der Waals surface area contributed by atoms with Crippen LogP contribution in [0, 0.1) is 0 Å². The molecule has 7 heteroatoms. The van der Waals surface area contributed by atoms with Crippen molar-refractivity contribution in [3.63, 3.8) is 0 Å². The van der Waals surface area contributed by atoms with Crippen LogP contribution in [0.15, 0.2) is 0 Å². The SMILES string of the molecule is O=C(O)COCCNC(=O)N1CCC(N2CCCCC2)C1. The molecule has 0 aliphatic carbocycles. The zero-order chi connectivity index (χ0) is 15.1. The van der Waals surface area contributed by atoms with Gasteiger partial charge in [0.1, 0.15) is 6.61 Å². The van der Waals surface area contributed by atoms with Gasteiger partial charge in [0.2, 0.25) is 0 Å². The Morgan fingerprint density at radius 1 is 1.19 bits per heavy atom. The highest BCUT2D eigenvalue weighted by Gasteiger charge is 2.30. The summed E-state index contributed by atoms with van der Waals surface area (Å²) in [6, 6.07) is 0.424. The highest BCUT2D eigenvalue weighted by Crippen LogP contribution is 2.20. The van der Waals surface area contributed by atoms with Crippen molar-refractivity contribution in [3.8, 4) is 0 Å². The maximum absolute atomic E-state index is 12.0. The number of likely N-dealkylation sites (tertiary alicyclic amines) is 2. The topological polar surface area (TPSA) is 82.1 Å². The third-order valence-corrected chi connectivity index (χ3v) is 4.11. The van der Waals surface area contributed by atoms with E-state index in [9.17, 15) is 9.59 Å². The Labute approximate surface area is 125 Å². The smallest absolute Gasteiger partial charge is 0.329 e. The van der Waals surface area contributed by atoms with Gasteiger partial charge >= 0.3 is 12.0 Å². The zero-order valence-electron chi connectivity index (χ0n) is 12.4. The maximum Gasteiger partial charge on any atom is 0.329 e. The van der Waals surface area contributed by atoms with Gasteiger partial charge in [-0.3, -0.25) is 4.90 Å². The number of hydrogen-bond acceptors (Lipinski definition) is 4. The summed E-state index contributed by atoms with van der Waals surface area (Å²) in [7, 11) is 0. The molecule has 2 heterocycles. The van der Waals surface area contributed by atoms with Crippen LogP contribution in [-0.4, -0.2) is 78.9 Å². The number of aliphatic carboxylic acids is 1. The van der Waals surface area contributed by atoms with E-state index in [1.54, 1.807) is 0 Å². The monoisotopic (exact) mass is 299 g/mol. The van der Waals surface area contributed by atoms with Gasteiger partial charge in [-0.25, -0.2) is 9.59 Å². The minimum atomic E-state index is -0.995. The molecule has 120 valence electrons. The molecular formula is C14H25N3O4. The number of amides is 2. The summed E-state index contributed by atoms with van der Waals surface area (Å²) in [6.07, 6.45) is 4.90. The molecule has 0 bridgehead atoms. The summed E-state index contributed by atoms with van der Waals surface area (Å²) in [5.41, 5.74) is 0. The van der Waals surface area contributed by atoms with Crippen molar-refractivity contribution in [3.05, 3.63) is 0 Å². The van der Waals surface area contributed by atoms with E-state index >= 15 is 0 Å². The number of carboxylic acid groups (broad SMARTS) is 1. The van der Waals surface area contributed by atoms with E-state index in [-0.39, 0.29) is 19.2 Å². The third-order valence-electron chi connectivity index (χ3n) is 4.11. The number of hydrogen-bond donors (Lipinski definition) is 2. The lowest BCUT2D eigenvalue weighted by Crippen LogP contribution is -2.44. The second-order valence-corrected chi connectivity index (χ2v) is 5.66. The number of carbonyl (C=O) groups is 2. The number of urea groups is 1. The molecule has 1 unspecified atom stereocenters. The van der Waals surface area contributed by atoms with E-state index in [1.807, 2.05) is 4.90 Å². The normalized spacial score (nSPS) is 23.2. The van der Waals surface area contributed by atoms with Gasteiger partial charge in [0.25, 0.3) is 0 Å². The van der Waals surface area contributed by atoms with Crippen LogP contribution < -0.4 is 5.32 Å². The first-order chi connectivity index (χ1) is 10.2. The molecule has 0 aromatic carbocycles. The molecule has 2 rings (SSSR count). The Morgan fingerprint density at radius 3 is 2.67 bits per heavy atom. The zero-order valence-corrected chi connectivity index (χ0v) is 12.4. The Hall–Kier alpha value is -1.34. The Kier molecular flexibility index (Phi) is 6.25. The van der Waals surface area contributed by atoms with Crippen LogP contribution >= 0.6 is 0 Å². The number of piperidine rings is 1. The molecular weight excluding hydrogens is 274 g/mol. The lowest BCUT2D eigenvalue weighted by Gasteiger charge is -2.32. The molecule has 21 heavy (non-hydrogen) atoms. The van der Waals surface area contributed by atoms with Crippen molar-refractivity contribution in [2.45, 2.75) is 31.7 Å². The second kappa shape index (κ2) is 8.19. The van der Waals surface area contributed by atoms with Gasteiger partial charge in [-0.1, -0.05) is 6.42 Å². The van der Waals surface area contributed by atoms with Crippen LogP contribution in [-0.2, 0) is 9.53 Å². The third kappa shape index (κ3) is 5.17. The summed E-state index contributed by atoms with van der Waals surface area (Å²) in [5.74, 6) is -0.995. The first-order valence-electron chi connectivity index (χ1n) is 7.73. The molecule has 2 aliphatic rings. The highest BCUT2D eigenvalue weighted by atomic mass is 16.5. The fourth-order valence-corrected chi connectivity index (χ4v) is 3.01. The fourth-order valence-electron chi connectivity index (χ4n) is 3.01. The molecule has 0 aromatic rings. The van der Waals surface area contributed by atoms with E-state index in [2.05, 4.69) is 10.2 Å². The van der Waals surface area contributed by atoms with E-state index in [1.165, 1.54) is 19.3 Å².